The van der Waals surface area contributed by atoms with Gasteiger partial charge in [-0.1, -0.05) is 22.9 Å². The summed E-state index contributed by atoms with van der Waals surface area (Å²) < 4.78 is 23.9. The number of hydrogen-bond acceptors (Lipinski definition) is 6. The van der Waals surface area contributed by atoms with Crippen LogP contribution < -0.4 is 10.1 Å². The molecule has 24 heavy (non-hydrogen) atoms. The Labute approximate surface area is 146 Å². The molecule has 0 bridgehead atoms. The third-order valence-corrected chi connectivity index (χ3v) is 4.09. The van der Waals surface area contributed by atoms with E-state index >= 15 is 0 Å². The van der Waals surface area contributed by atoms with Crippen molar-refractivity contribution < 1.29 is 23.5 Å². The zero-order valence-corrected chi connectivity index (χ0v) is 14.7. The zero-order valence-electron chi connectivity index (χ0n) is 13.1. The van der Waals surface area contributed by atoms with Crippen molar-refractivity contribution in [3.8, 4) is 17.0 Å². The Bertz CT molecular complexity index is 771. The van der Waals surface area contributed by atoms with Gasteiger partial charge in [0.05, 0.1) is 22.7 Å². The number of anilines is 1. The number of nitrogens with zero attached hydrogens (tertiary/aromatic N) is 1. The van der Waals surface area contributed by atoms with E-state index in [1.807, 2.05) is 0 Å². The summed E-state index contributed by atoms with van der Waals surface area (Å²) in [5.41, 5.74) is 0.752. The quantitative estimate of drug-likeness (QED) is 0.811. The number of carbonyl (C=O) groups excluding carboxylic acids is 2. The van der Waals surface area contributed by atoms with E-state index in [1.165, 1.54) is 33.1 Å². The molecule has 2 aromatic rings. The molecule has 1 aromatic heterocycles. The average Bonchev–Trinajstić information content (AvgIpc) is 2.86. The molecule has 9 heteroatoms. The monoisotopic (exact) mass is 372 g/mol. The maximum Gasteiger partial charge on any atom is 0.302 e. The van der Waals surface area contributed by atoms with Crippen LogP contribution in [0.3, 0.4) is 0 Å². The number of nitrogens with one attached hydrogen (secondary N) is 1. The van der Waals surface area contributed by atoms with Crippen LogP contribution in [0.1, 0.15) is 18.7 Å². The molecular formula is C15H14ClFN2O4S. The zero-order chi connectivity index (χ0) is 17.9. The van der Waals surface area contributed by atoms with Crippen LogP contribution in [0.4, 0.5) is 9.52 Å². The van der Waals surface area contributed by atoms with Gasteiger partial charge >= 0.3 is 5.97 Å². The summed E-state index contributed by atoms with van der Waals surface area (Å²) in [4.78, 5) is 27.1. The fourth-order valence-corrected chi connectivity index (χ4v) is 3.17. The first kappa shape index (κ1) is 18.2. The molecule has 0 unspecified atom stereocenters. The lowest BCUT2D eigenvalue weighted by molar-refractivity contribution is -0.142. The van der Waals surface area contributed by atoms with Crippen LogP contribution in [0, 0.1) is 5.82 Å². The van der Waals surface area contributed by atoms with Gasteiger partial charge in [-0.05, 0) is 12.1 Å². The number of thiazole rings is 1. The van der Waals surface area contributed by atoms with E-state index in [-0.39, 0.29) is 23.3 Å². The predicted molar refractivity (Wildman–Crippen MR) is 88.8 cm³/mol. The summed E-state index contributed by atoms with van der Waals surface area (Å²) in [6, 6.07) is 2.71. The number of benzene rings is 1. The van der Waals surface area contributed by atoms with Gasteiger partial charge in [-0.15, -0.1) is 0 Å². The van der Waals surface area contributed by atoms with Gasteiger partial charge in [0.25, 0.3) is 0 Å². The van der Waals surface area contributed by atoms with Gasteiger partial charge in [0.15, 0.2) is 16.7 Å². The molecule has 0 saturated carbocycles. The van der Waals surface area contributed by atoms with Crippen LogP contribution in [-0.2, 0) is 20.9 Å². The number of amides is 1. The summed E-state index contributed by atoms with van der Waals surface area (Å²) in [6.07, 6.45) is 0. The van der Waals surface area contributed by atoms with Crippen LogP contribution >= 0.6 is 22.9 Å². The minimum atomic E-state index is -0.646. The molecule has 0 radical (unpaired) electrons. The normalized spacial score (nSPS) is 10.4. The lowest BCUT2D eigenvalue weighted by Gasteiger charge is -2.08. The molecule has 0 atom stereocenters. The highest BCUT2D eigenvalue weighted by Gasteiger charge is 2.18. The first-order valence-electron chi connectivity index (χ1n) is 6.76. The second-order valence-electron chi connectivity index (χ2n) is 4.73. The summed E-state index contributed by atoms with van der Waals surface area (Å²) in [6.45, 7) is 2.57. The third kappa shape index (κ3) is 4.21. The van der Waals surface area contributed by atoms with E-state index in [2.05, 4.69) is 10.3 Å². The Morgan fingerprint density at radius 1 is 1.38 bits per heavy atom. The highest BCUT2D eigenvalue weighted by atomic mass is 35.5. The summed E-state index contributed by atoms with van der Waals surface area (Å²) in [7, 11) is 1.31. The third-order valence-electron chi connectivity index (χ3n) is 2.86. The largest absolute Gasteiger partial charge is 0.492 e. The van der Waals surface area contributed by atoms with Crippen molar-refractivity contribution in [2.24, 2.45) is 0 Å². The molecule has 0 aliphatic rings. The van der Waals surface area contributed by atoms with Crippen molar-refractivity contribution in [3.63, 3.8) is 0 Å². The number of carbonyl (C=O) groups is 2. The van der Waals surface area contributed by atoms with E-state index in [0.717, 1.165) is 11.3 Å². The van der Waals surface area contributed by atoms with Crippen LogP contribution in [-0.4, -0.2) is 24.0 Å². The minimum absolute atomic E-state index is 0.0484. The fraction of sp³-hybridized carbons (Fsp3) is 0.267. The molecule has 128 valence electrons. The highest BCUT2D eigenvalue weighted by Crippen LogP contribution is 2.37. The molecular weight excluding hydrogens is 359 g/mol. The first-order chi connectivity index (χ1) is 11.3. The average molecular weight is 373 g/mol. The van der Waals surface area contributed by atoms with Gasteiger partial charge < -0.3 is 14.8 Å². The van der Waals surface area contributed by atoms with Crippen LogP contribution in [0.2, 0.25) is 5.02 Å². The van der Waals surface area contributed by atoms with Gasteiger partial charge in [-0.2, -0.15) is 0 Å². The maximum atomic E-state index is 14.1. The molecule has 0 saturated heterocycles. The van der Waals surface area contributed by atoms with Gasteiger partial charge in [0.2, 0.25) is 5.91 Å². The van der Waals surface area contributed by atoms with Gasteiger partial charge in [-0.25, -0.2) is 9.37 Å². The van der Waals surface area contributed by atoms with Crippen LogP contribution in [0.5, 0.6) is 5.75 Å². The van der Waals surface area contributed by atoms with Crippen LogP contribution in [0.15, 0.2) is 12.1 Å². The maximum absolute atomic E-state index is 14.1. The molecule has 1 amide bonds. The Hall–Kier alpha value is -2.19. The fourth-order valence-electron chi connectivity index (χ4n) is 1.94. The van der Waals surface area contributed by atoms with Crippen molar-refractivity contribution in [2.75, 3.05) is 12.4 Å². The number of rotatable bonds is 5. The molecule has 1 aromatic carbocycles. The topological polar surface area (TPSA) is 77.5 Å². The number of esters is 1. The Kier molecular flexibility index (Phi) is 5.74. The smallest absolute Gasteiger partial charge is 0.302 e. The van der Waals surface area contributed by atoms with Crippen molar-refractivity contribution in [1.82, 2.24) is 4.98 Å². The Morgan fingerprint density at radius 2 is 2.08 bits per heavy atom. The molecule has 2 rings (SSSR count). The number of hydrogen-bond donors (Lipinski definition) is 1. The molecule has 1 heterocycles. The molecule has 0 fully saturated rings. The lowest BCUT2D eigenvalue weighted by atomic mass is 10.1. The van der Waals surface area contributed by atoms with Crippen molar-refractivity contribution >= 4 is 39.9 Å². The second kappa shape index (κ2) is 7.59. The van der Waals surface area contributed by atoms with E-state index < -0.39 is 11.8 Å². The first-order valence-corrected chi connectivity index (χ1v) is 7.95. The highest BCUT2D eigenvalue weighted by molar-refractivity contribution is 7.16. The molecule has 1 N–H and O–H groups in total. The number of methoxy groups -OCH3 is 1. The summed E-state index contributed by atoms with van der Waals surface area (Å²) >= 11 is 7.14. The lowest BCUT2D eigenvalue weighted by Crippen LogP contribution is -2.04. The summed E-state index contributed by atoms with van der Waals surface area (Å²) in [5, 5.41) is 2.95. The molecule has 0 spiro atoms. The second-order valence-corrected chi connectivity index (χ2v) is 6.22. The van der Waals surface area contributed by atoms with E-state index in [9.17, 15) is 14.0 Å². The van der Waals surface area contributed by atoms with E-state index in [1.54, 1.807) is 0 Å². The van der Waals surface area contributed by atoms with Crippen molar-refractivity contribution in [2.45, 2.75) is 20.5 Å². The number of halogens is 2. The number of ether oxygens (including phenoxy) is 2. The molecule has 6 nitrogen and oxygen atoms in total. The van der Waals surface area contributed by atoms with Gasteiger partial charge in [0.1, 0.15) is 6.61 Å². The van der Waals surface area contributed by atoms with E-state index in [0.29, 0.717) is 21.3 Å². The van der Waals surface area contributed by atoms with E-state index in [4.69, 9.17) is 21.1 Å². The summed E-state index contributed by atoms with van der Waals surface area (Å²) in [5.74, 6) is -1.48. The predicted octanol–water partition coefficient (Wildman–Crippen LogP) is 3.63. The van der Waals surface area contributed by atoms with Gasteiger partial charge in [0, 0.05) is 19.4 Å². The molecule has 0 aliphatic carbocycles. The van der Waals surface area contributed by atoms with Gasteiger partial charge in [-0.3, -0.25) is 9.59 Å². The Balaban J connectivity index is 2.48. The van der Waals surface area contributed by atoms with Crippen molar-refractivity contribution in [1.29, 1.82) is 0 Å². The molecule has 0 aliphatic heterocycles. The Morgan fingerprint density at radius 3 is 2.62 bits per heavy atom. The number of aromatic nitrogens is 1. The standard InChI is InChI=1S/C15H14ClFN2O4S/c1-7(20)18-15-19-13(12(24-15)6-23-8(2)21)9-4-10(16)14(22-3)11(17)5-9/h4-5H,6H2,1-3H3,(H,18,19,20). The van der Waals surface area contributed by atoms with Crippen molar-refractivity contribution in [3.05, 3.63) is 27.8 Å². The SMILES string of the molecule is COc1c(F)cc(-c2nc(NC(C)=O)sc2COC(C)=O)cc1Cl. The van der Waals surface area contributed by atoms with Crippen LogP contribution in [0.25, 0.3) is 11.3 Å². The minimum Gasteiger partial charge on any atom is -0.492 e.